The summed E-state index contributed by atoms with van der Waals surface area (Å²) in [5, 5.41) is 8.98. The Bertz CT molecular complexity index is 310. The molecule has 0 bridgehead atoms. The molecule has 0 radical (unpaired) electrons. The molecule has 1 rings (SSSR count). The van der Waals surface area contributed by atoms with E-state index in [1.807, 2.05) is 20.8 Å². The Morgan fingerprint density at radius 2 is 2.23 bits per heavy atom. The van der Waals surface area contributed by atoms with Crippen molar-refractivity contribution in [3.63, 3.8) is 0 Å². The molecular weight excluding hydrogens is 168 g/mol. The SMILES string of the molecule is CC(C)(C)NC(=O)c1cc(N)n[nH]1. The maximum absolute atomic E-state index is 11.4. The van der Waals surface area contributed by atoms with Gasteiger partial charge >= 0.3 is 0 Å². The molecule has 5 nitrogen and oxygen atoms in total. The van der Waals surface area contributed by atoms with Gasteiger partial charge in [0, 0.05) is 11.6 Å². The summed E-state index contributed by atoms with van der Waals surface area (Å²) in [4.78, 5) is 11.4. The maximum atomic E-state index is 11.4. The van der Waals surface area contributed by atoms with Crippen LogP contribution in [0.15, 0.2) is 6.07 Å². The molecule has 0 spiro atoms. The van der Waals surface area contributed by atoms with Crippen LogP contribution in [0.1, 0.15) is 31.3 Å². The van der Waals surface area contributed by atoms with Gasteiger partial charge < -0.3 is 11.1 Å². The van der Waals surface area contributed by atoms with Crippen LogP contribution in [0.4, 0.5) is 5.82 Å². The minimum absolute atomic E-state index is 0.197. The van der Waals surface area contributed by atoms with Crippen LogP contribution in [-0.4, -0.2) is 21.6 Å². The molecule has 4 N–H and O–H groups in total. The van der Waals surface area contributed by atoms with E-state index in [0.717, 1.165) is 0 Å². The second kappa shape index (κ2) is 3.08. The van der Waals surface area contributed by atoms with E-state index in [4.69, 9.17) is 5.73 Å². The Balaban J connectivity index is 2.70. The zero-order chi connectivity index (χ0) is 10.1. The third-order valence-corrected chi connectivity index (χ3v) is 1.33. The number of hydrogen-bond acceptors (Lipinski definition) is 3. The minimum Gasteiger partial charge on any atom is -0.382 e. The van der Waals surface area contributed by atoms with Crippen molar-refractivity contribution < 1.29 is 4.79 Å². The second-order valence-electron chi connectivity index (χ2n) is 3.91. The first-order valence-corrected chi connectivity index (χ1v) is 4.02. The van der Waals surface area contributed by atoms with Gasteiger partial charge in [-0.15, -0.1) is 0 Å². The Morgan fingerprint density at radius 1 is 1.62 bits per heavy atom. The second-order valence-corrected chi connectivity index (χ2v) is 3.91. The van der Waals surface area contributed by atoms with Crippen molar-refractivity contribution in [1.29, 1.82) is 0 Å². The van der Waals surface area contributed by atoms with E-state index in [0.29, 0.717) is 11.5 Å². The highest BCUT2D eigenvalue weighted by atomic mass is 16.2. The van der Waals surface area contributed by atoms with Crippen LogP contribution in [0, 0.1) is 0 Å². The lowest BCUT2D eigenvalue weighted by atomic mass is 10.1. The van der Waals surface area contributed by atoms with Crippen molar-refractivity contribution in [2.45, 2.75) is 26.3 Å². The number of hydrogen-bond donors (Lipinski definition) is 3. The van der Waals surface area contributed by atoms with Crippen LogP contribution < -0.4 is 11.1 Å². The Kier molecular flexibility index (Phi) is 2.27. The lowest BCUT2D eigenvalue weighted by Crippen LogP contribution is -2.40. The number of rotatable bonds is 1. The normalized spacial score (nSPS) is 11.3. The predicted octanol–water partition coefficient (Wildman–Crippen LogP) is 0.520. The fraction of sp³-hybridized carbons (Fsp3) is 0.500. The first kappa shape index (κ1) is 9.57. The number of nitrogens with two attached hydrogens (primary N) is 1. The number of nitrogen functional groups attached to an aromatic ring is 1. The maximum Gasteiger partial charge on any atom is 0.269 e. The molecule has 0 aromatic carbocycles. The minimum atomic E-state index is -0.253. The number of H-pyrrole nitrogens is 1. The summed E-state index contributed by atoms with van der Waals surface area (Å²) >= 11 is 0. The number of aromatic nitrogens is 2. The molecule has 0 fully saturated rings. The van der Waals surface area contributed by atoms with Gasteiger partial charge in [-0.25, -0.2) is 0 Å². The fourth-order valence-corrected chi connectivity index (χ4v) is 0.861. The third kappa shape index (κ3) is 2.77. The zero-order valence-electron chi connectivity index (χ0n) is 8.01. The lowest BCUT2D eigenvalue weighted by Gasteiger charge is -2.19. The molecule has 1 aromatic heterocycles. The summed E-state index contributed by atoms with van der Waals surface area (Å²) < 4.78 is 0. The van der Waals surface area contributed by atoms with Gasteiger partial charge in [-0.1, -0.05) is 0 Å². The van der Waals surface area contributed by atoms with Crippen molar-refractivity contribution in [3.05, 3.63) is 11.8 Å². The number of carbonyl (C=O) groups is 1. The first-order valence-electron chi connectivity index (χ1n) is 4.02. The first-order chi connectivity index (χ1) is 5.88. The molecule has 1 aromatic rings. The van der Waals surface area contributed by atoms with Gasteiger partial charge in [0.15, 0.2) is 0 Å². The Morgan fingerprint density at radius 3 is 2.62 bits per heavy atom. The van der Waals surface area contributed by atoms with E-state index in [1.165, 1.54) is 6.07 Å². The highest BCUT2D eigenvalue weighted by Crippen LogP contribution is 2.04. The number of carbonyl (C=O) groups excluding carboxylic acids is 1. The van der Waals surface area contributed by atoms with E-state index in [9.17, 15) is 4.79 Å². The summed E-state index contributed by atoms with van der Waals surface area (Å²) in [5.41, 5.74) is 5.49. The number of nitrogens with one attached hydrogen (secondary N) is 2. The van der Waals surface area contributed by atoms with Crippen molar-refractivity contribution in [2.75, 3.05) is 5.73 Å². The number of aromatic amines is 1. The van der Waals surface area contributed by atoms with Gasteiger partial charge in [-0.2, -0.15) is 5.10 Å². The monoisotopic (exact) mass is 182 g/mol. The molecule has 0 aliphatic heterocycles. The average molecular weight is 182 g/mol. The summed E-state index contributed by atoms with van der Waals surface area (Å²) in [6, 6.07) is 1.50. The van der Waals surface area contributed by atoms with E-state index >= 15 is 0 Å². The van der Waals surface area contributed by atoms with Crippen LogP contribution >= 0.6 is 0 Å². The van der Waals surface area contributed by atoms with Gasteiger partial charge in [0.1, 0.15) is 11.5 Å². The van der Waals surface area contributed by atoms with Crippen molar-refractivity contribution in [1.82, 2.24) is 15.5 Å². The molecular formula is C8H14N4O. The quantitative estimate of drug-likeness (QED) is 0.592. The topological polar surface area (TPSA) is 83.8 Å². The predicted molar refractivity (Wildman–Crippen MR) is 50.2 cm³/mol. The Labute approximate surface area is 76.7 Å². The summed E-state index contributed by atoms with van der Waals surface area (Å²) in [6.45, 7) is 5.72. The van der Waals surface area contributed by atoms with E-state index < -0.39 is 0 Å². The van der Waals surface area contributed by atoms with Gasteiger partial charge in [-0.05, 0) is 20.8 Å². The molecule has 0 saturated carbocycles. The molecule has 1 heterocycles. The molecule has 72 valence electrons. The molecule has 0 unspecified atom stereocenters. The molecule has 1 amide bonds. The zero-order valence-corrected chi connectivity index (χ0v) is 8.01. The van der Waals surface area contributed by atoms with Crippen molar-refractivity contribution >= 4 is 11.7 Å². The molecule has 0 atom stereocenters. The summed E-state index contributed by atoms with van der Waals surface area (Å²) in [5.74, 6) is 0.121. The number of anilines is 1. The molecule has 0 saturated heterocycles. The molecule has 13 heavy (non-hydrogen) atoms. The number of amides is 1. The average Bonchev–Trinajstić information content (AvgIpc) is 2.31. The van der Waals surface area contributed by atoms with Gasteiger partial charge in [0.2, 0.25) is 0 Å². The van der Waals surface area contributed by atoms with Gasteiger partial charge in [0.05, 0.1) is 0 Å². The third-order valence-electron chi connectivity index (χ3n) is 1.33. The molecule has 5 heteroatoms. The van der Waals surface area contributed by atoms with Crippen LogP contribution in [0.3, 0.4) is 0 Å². The van der Waals surface area contributed by atoms with E-state index in [2.05, 4.69) is 15.5 Å². The summed E-state index contributed by atoms with van der Waals surface area (Å²) in [7, 11) is 0. The largest absolute Gasteiger partial charge is 0.382 e. The molecule has 0 aliphatic rings. The lowest BCUT2D eigenvalue weighted by molar-refractivity contribution is 0.0914. The fourth-order valence-electron chi connectivity index (χ4n) is 0.861. The highest BCUT2D eigenvalue weighted by molar-refractivity contribution is 5.93. The smallest absolute Gasteiger partial charge is 0.269 e. The van der Waals surface area contributed by atoms with E-state index in [1.54, 1.807) is 0 Å². The van der Waals surface area contributed by atoms with Crippen LogP contribution in [0.25, 0.3) is 0 Å². The van der Waals surface area contributed by atoms with E-state index in [-0.39, 0.29) is 11.4 Å². The number of nitrogens with zero attached hydrogens (tertiary/aromatic N) is 1. The van der Waals surface area contributed by atoms with Crippen molar-refractivity contribution in [3.8, 4) is 0 Å². The summed E-state index contributed by atoms with van der Waals surface area (Å²) in [6.07, 6.45) is 0. The van der Waals surface area contributed by atoms with Gasteiger partial charge in [0.25, 0.3) is 5.91 Å². The molecule has 0 aliphatic carbocycles. The van der Waals surface area contributed by atoms with Crippen molar-refractivity contribution in [2.24, 2.45) is 0 Å². The van der Waals surface area contributed by atoms with Gasteiger partial charge in [-0.3, -0.25) is 9.89 Å². The highest BCUT2D eigenvalue weighted by Gasteiger charge is 2.16. The van der Waals surface area contributed by atoms with Crippen LogP contribution in [0.5, 0.6) is 0 Å². The standard InChI is InChI=1S/C8H14N4O/c1-8(2,3)10-7(13)5-4-6(9)12-11-5/h4H,1-3H3,(H,10,13)(H3,9,11,12). The van der Waals surface area contributed by atoms with Crippen LogP contribution in [-0.2, 0) is 0 Å². The Hall–Kier alpha value is -1.52. The van der Waals surface area contributed by atoms with Crippen LogP contribution in [0.2, 0.25) is 0 Å².